The molecule has 0 aliphatic carbocycles. The molecule has 28 heavy (non-hydrogen) atoms. The lowest BCUT2D eigenvalue weighted by molar-refractivity contribution is -0.148. The maximum atomic E-state index is 12.0. The second-order valence-corrected chi connectivity index (χ2v) is 7.02. The number of ether oxygens (including phenoxy) is 2. The number of hydrogen-bond donors (Lipinski definition) is 0. The third-order valence-electron chi connectivity index (χ3n) is 4.10. The van der Waals surface area contributed by atoms with Crippen LogP contribution in [0.5, 0.6) is 5.75 Å². The van der Waals surface area contributed by atoms with E-state index in [9.17, 15) is 4.79 Å². The molecule has 0 saturated carbocycles. The summed E-state index contributed by atoms with van der Waals surface area (Å²) in [5.41, 5.74) is 2.62. The van der Waals surface area contributed by atoms with Crippen LogP contribution in [0, 0.1) is 6.92 Å². The highest BCUT2D eigenvalue weighted by atomic mass is 35.5. The van der Waals surface area contributed by atoms with E-state index in [1.54, 1.807) is 0 Å². The lowest BCUT2D eigenvalue weighted by atomic mass is 10.0. The van der Waals surface area contributed by atoms with Crippen molar-refractivity contribution in [3.05, 3.63) is 64.5 Å². The van der Waals surface area contributed by atoms with Gasteiger partial charge in [-0.25, -0.2) is 4.79 Å². The number of hydrogen-bond acceptors (Lipinski definition) is 6. The van der Waals surface area contributed by atoms with E-state index in [4.69, 9.17) is 25.5 Å². The van der Waals surface area contributed by atoms with Crippen LogP contribution >= 0.6 is 11.6 Å². The van der Waals surface area contributed by atoms with Crippen molar-refractivity contribution in [3.8, 4) is 17.2 Å². The fourth-order valence-electron chi connectivity index (χ4n) is 2.58. The van der Waals surface area contributed by atoms with E-state index in [2.05, 4.69) is 10.2 Å². The molecule has 1 aromatic heterocycles. The smallest absolute Gasteiger partial charge is 0.344 e. The van der Waals surface area contributed by atoms with Gasteiger partial charge in [0.25, 0.3) is 5.89 Å². The summed E-state index contributed by atoms with van der Waals surface area (Å²) in [5.74, 6) is 0.900. The average molecular weight is 401 g/mol. The van der Waals surface area contributed by atoms with Crippen LogP contribution < -0.4 is 4.74 Å². The summed E-state index contributed by atoms with van der Waals surface area (Å²) in [6, 6.07) is 13.1. The van der Waals surface area contributed by atoms with Gasteiger partial charge < -0.3 is 13.9 Å². The Morgan fingerprint density at radius 2 is 1.93 bits per heavy atom. The van der Waals surface area contributed by atoms with E-state index in [1.165, 1.54) is 0 Å². The van der Waals surface area contributed by atoms with Crippen molar-refractivity contribution in [2.24, 2.45) is 0 Å². The van der Waals surface area contributed by atoms with Crippen molar-refractivity contribution in [3.63, 3.8) is 0 Å². The van der Waals surface area contributed by atoms with E-state index < -0.39 is 5.97 Å². The Bertz CT molecular complexity index is 954. The molecule has 3 rings (SSSR count). The topological polar surface area (TPSA) is 74.5 Å². The van der Waals surface area contributed by atoms with Gasteiger partial charge in [-0.2, -0.15) is 0 Å². The van der Waals surface area contributed by atoms with Gasteiger partial charge in [0.05, 0.1) is 0 Å². The molecule has 0 atom stereocenters. The molecule has 0 spiro atoms. The average Bonchev–Trinajstić information content (AvgIpc) is 3.16. The van der Waals surface area contributed by atoms with Crippen LogP contribution in [0.1, 0.15) is 36.8 Å². The van der Waals surface area contributed by atoms with Crippen LogP contribution in [0.4, 0.5) is 0 Å². The Morgan fingerprint density at radius 3 is 2.64 bits per heavy atom. The van der Waals surface area contributed by atoms with Gasteiger partial charge in [-0.1, -0.05) is 43.6 Å². The Balaban J connectivity index is 1.56. The minimum absolute atomic E-state index is 0.112. The summed E-state index contributed by atoms with van der Waals surface area (Å²) in [4.78, 5) is 12.0. The highest BCUT2D eigenvalue weighted by Gasteiger charge is 2.14. The molecule has 146 valence electrons. The maximum Gasteiger partial charge on any atom is 0.344 e. The van der Waals surface area contributed by atoms with Crippen molar-refractivity contribution >= 4 is 17.6 Å². The molecule has 7 heteroatoms. The zero-order valence-corrected chi connectivity index (χ0v) is 16.7. The fraction of sp³-hybridized carbons (Fsp3) is 0.286. The van der Waals surface area contributed by atoms with Gasteiger partial charge in [-0.05, 0) is 48.2 Å². The molecule has 0 amide bonds. The van der Waals surface area contributed by atoms with Crippen LogP contribution in [-0.4, -0.2) is 22.8 Å². The SMILES string of the molecule is Cc1cc(OCC(=O)OCc2nnc(-c3ccccc3)o2)c(C(C)C)cc1Cl. The second-order valence-electron chi connectivity index (χ2n) is 6.61. The quantitative estimate of drug-likeness (QED) is 0.523. The number of rotatable bonds is 7. The minimum Gasteiger partial charge on any atom is -0.482 e. The molecule has 0 aliphatic rings. The van der Waals surface area contributed by atoms with Gasteiger partial charge in [-0.3, -0.25) is 0 Å². The Kier molecular flexibility index (Phi) is 6.31. The largest absolute Gasteiger partial charge is 0.482 e. The van der Waals surface area contributed by atoms with Crippen LogP contribution in [0.3, 0.4) is 0 Å². The lowest BCUT2D eigenvalue weighted by Gasteiger charge is -2.15. The van der Waals surface area contributed by atoms with E-state index in [0.717, 1.165) is 16.7 Å². The Hall–Kier alpha value is -2.86. The first-order valence-electron chi connectivity index (χ1n) is 8.90. The molecule has 1 heterocycles. The lowest BCUT2D eigenvalue weighted by Crippen LogP contribution is -2.15. The molecule has 0 N–H and O–H groups in total. The number of nitrogens with zero attached hydrogens (tertiary/aromatic N) is 2. The monoisotopic (exact) mass is 400 g/mol. The van der Waals surface area contributed by atoms with E-state index in [-0.39, 0.29) is 25.0 Å². The summed E-state index contributed by atoms with van der Waals surface area (Å²) in [6.07, 6.45) is 0. The summed E-state index contributed by atoms with van der Waals surface area (Å²) in [6.45, 7) is 5.62. The van der Waals surface area contributed by atoms with Gasteiger partial charge in [0.1, 0.15) is 5.75 Å². The zero-order valence-electron chi connectivity index (χ0n) is 15.9. The molecule has 0 radical (unpaired) electrons. The van der Waals surface area contributed by atoms with Crippen LogP contribution in [0.15, 0.2) is 46.9 Å². The number of esters is 1. The predicted molar refractivity (Wildman–Crippen MR) is 105 cm³/mol. The number of aromatic nitrogens is 2. The number of carbonyl (C=O) groups excluding carboxylic acids is 1. The molecule has 0 unspecified atom stereocenters. The first-order valence-corrected chi connectivity index (χ1v) is 9.28. The fourth-order valence-corrected chi connectivity index (χ4v) is 2.75. The zero-order chi connectivity index (χ0) is 20.1. The molecule has 6 nitrogen and oxygen atoms in total. The molecule has 0 bridgehead atoms. The molecule has 0 saturated heterocycles. The molecular formula is C21H21ClN2O4. The molecule has 0 fully saturated rings. The standard InChI is InChI=1S/C21H21ClN2O4/c1-13(2)16-10-17(22)14(3)9-18(16)26-12-20(25)27-11-19-23-24-21(28-19)15-7-5-4-6-8-15/h4-10,13H,11-12H2,1-3H3. The summed E-state index contributed by atoms with van der Waals surface area (Å²) in [7, 11) is 0. The van der Waals surface area contributed by atoms with Crippen molar-refractivity contribution in [1.29, 1.82) is 0 Å². The number of aryl methyl sites for hydroxylation is 1. The Labute approximate surface area is 168 Å². The highest BCUT2D eigenvalue weighted by molar-refractivity contribution is 6.31. The third-order valence-corrected chi connectivity index (χ3v) is 4.51. The van der Waals surface area contributed by atoms with Gasteiger partial charge in [0.15, 0.2) is 13.2 Å². The van der Waals surface area contributed by atoms with Gasteiger partial charge in [-0.15, -0.1) is 10.2 Å². The second kappa shape index (κ2) is 8.89. The van der Waals surface area contributed by atoms with E-state index in [1.807, 2.05) is 63.2 Å². The first kappa shape index (κ1) is 19.9. The summed E-state index contributed by atoms with van der Waals surface area (Å²) >= 11 is 6.19. The molecule has 2 aromatic carbocycles. The number of benzene rings is 2. The number of halogens is 1. The highest BCUT2D eigenvalue weighted by Crippen LogP contribution is 2.32. The predicted octanol–water partition coefficient (Wildman–Crippen LogP) is 4.94. The van der Waals surface area contributed by atoms with Crippen molar-refractivity contribution in [2.45, 2.75) is 33.3 Å². The maximum absolute atomic E-state index is 12.0. The van der Waals surface area contributed by atoms with Crippen molar-refractivity contribution in [1.82, 2.24) is 10.2 Å². The van der Waals surface area contributed by atoms with Crippen LogP contribution in [0.25, 0.3) is 11.5 Å². The first-order chi connectivity index (χ1) is 13.4. The van der Waals surface area contributed by atoms with Crippen molar-refractivity contribution < 1.29 is 18.7 Å². The molecule has 0 aliphatic heterocycles. The summed E-state index contributed by atoms with van der Waals surface area (Å²) < 4.78 is 16.3. The van der Waals surface area contributed by atoms with E-state index >= 15 is 0 Å². The third kappa shape index (κ3) is 4.89. The molecular weight excluding hydrogens is 380 g/mol. The summed E-state index contributed by atoms with van der Waals surface area (Å²) in [5, 5.41) is 8.52. The Morgan fingerprint density at radius 1 is 1.18 bits per heavy atom. The van der Waals surface area contributed by atoms with Gasteiger partial charge in [0, 0.05) is 10.6 Å². The normalized spacial score (nSPS) is 10.9. The van der Waals surface area contributed by atoms with E-state index in [0.29, 0.717) is 16.7 Å². The number of carbonyl (C=O) groups is 1. The van der Waals surface area contributed by atoms with Gasteiger partial charge in [0.2, 0.25) is 5.89 Å². The van der Waals surface area contributed by atoms with Gasteiger partial charge >= 0.3 is 5.97 Å². The molecule has 3 aromatic rings. The van der Waals surface area contributed by atoms with Crippen LogP contribution in [0.2, 0.25) is 5.02 Å². The minimum atomic E-state index is -0.526. The van der Waals surface area contributed by atoms with Crippen LogP contribution in [-0.2, 0) is 16.1 Å². The van der Waals surface area contributed by atoms with Crippen molar-refractivity contribution in [2.75, 3.05) is 6.61 Å².